The summed E-state index contributed by atoms with van der Waals surface area (Å²) in [6.07, 6.45) is 2.67. The molecule has 1 aliphatic heterocycles. The molecule has 0 saturated carbocycles. The normalized spacial score (nSPS) is 18.7. The maximum Gasteiger partial charge on any atom is 0.0895 e. The minimum atomic E-state index is -0.640. The Balaban J connectivity index is 0.000000409. The van der Waals surface area contributed by atoms with Crippen LogP contribution in [0.2, 0.25) is 0 Å². The van der Waals surface area contributed by atoms with E-state index in [0.29, 0.717) is 19.1 Å². The van der Waals surface area contributed by atoms with Gasteiger partial charge in [0.15, 0.2) is 0 Å². The number of β-amino-alcohol motifs (C(OH)–C–C–N with tert-alkyl or cyclic N) is 2. The summed E-state index contributed by atoms with van der Waals surface area (Å²) in [6, 6.07) is 0. The zero-order valence-electron chi connectivity index (χ0n) is 14.5. The highest BCUT2D eigenvalue weighted by atomic mass is 16.3. The number of aliphatic hydroxyl groups excluding tert-OH is 4. The van der Waals surface area contributed by atoms with E-state index in [1.165, 1.54) is 12.8 Å². The highest BCUT2D eigenvalue weighted by Crippen LogP contribution is 2.19. The molecule has 1 unspecified atom stereocenters. The lowest BCUT2D eigenvalue weighted by molar-refractivity contribution is 0.0888. The molecule has 1 fully saturated rings. The third-order valence-corrected chi connectivity index (χ3v) is 3.74. The van der Waals surface area contributed by atoms with Crippen LogP contribution in [0.1, 0.15) is 40.0 Å². The van der Waals surface area contributed by atoms with Gasteiger partial charge in [-0.05, 0) is 59.0 Å². The van der Waals surface area contributed by atoms with Gasteiger partial charge in [0.05, 0.1) is 19.3 Å². The summed E-state index contributed by atoms with van der Waals surface area (Å²) in [4.78, 5) is 2.29. The van der Waals surface area contributed by atoms with E-state index in [-0.39, 0.29) is 18.8 Å². The van der Waals surface area contributed by atoms with Gasteiger partial charge in [0, 0.05) is 25.2 Å². The number of aliphatic hydroxyl groups is 4. The van der Waals surface area contributed by atoms with E-state index in [2.05, 4.69) is 10.2 Å². The molecule has 1 aliphatic rings. The Labute approximate surface area is 135 Å². The van der Waals surface area contributed by atoms with Crippen LogP contribution in [-0.4, -0.2) is 83.0 Å². The van der Waals surface area contributed by atoms with Gasteiger partial charge >= 0.3 is 0 Å². The first-order valence-corrected chi connectivity index (χ1v) is 8.30. The number of nitrogens with one attached hydrogen (secondary N) is 1. The fraction of sp³-hybridized carbons (Fsp3) is 1.00. The van der Waals surface area contributed by atoms with Gasteiger partial charge in [0.2, 0.25) is 0 Å². The van der Waals surface area contributed by atoms with Crippen molar-refractivity contribution in [3.63, 3.8) is 0 Å². The molecule has 0 amide bonds. The molecule has 5 N–H and O–H groups in total. The molecular formula is C16H36N2O4. The van der Waals surface area contributed by atoms with Crippen LogP contribution in [0.3, 0.4) is 0 Å². The van der Waals surface area contributed by atoms with Crippen LogP contribution in [0.5, 0.6) is 0 Å². The first-order chi connectivity index (χ1) is 10.3. The highest BCUT2D eigenvalue weighted by molar-refractivity contribution is 4.72. The van der Waals surface area contributed by atoms with Gasteiger partial charge in [0.25, 0.3) is 0 Å². The second-order valence-electron chi connectivity index (χ2n) is 6.99. The van der Waals surface area contributed by atoms with Crippen molar-refractivity contribution >= 4 is 0 Å². The van der Waals surface area contributed by atoms with Gasteiger partial charge in [-0.1, -0.05) is 0 Å². The van der Waals surface area contributed by atoms with Crippen molar-refractivity contribution in [1.82, 2.24) is 10.2 Å². The van der Waals surface area contributed by atoms with Crippen molar-refractivity contribution in [2.24, 2.45) is 5.92 Å². The molecule has 0 aromatic heterocycles. The van der Waals surface area contributed by atoms with Gasteiger partial charge in [-0.15, -0.1) is 0 Å². The van der Waals surface area contributed by atoms with E-state index in [4.69, 9.17) is 20.4 Å². The largest absolute Gasteiger partial charge is 0.396 e. The standard InChI is InChI=1S/C9H19NO2.C7H17NO2/c11-7-3-9-1-4-10(5-2-9)6-8-12;1-7(2,3)8-4-6(10)5-9/h9,11-12H,1-8H2;6,8-10H,4-5H2,1-3H3. The molecule has 0 radical (unpaired) electrons. The summed E-state index contributed by atoms with van der Waals surface area (Å²) in [5.41, 5.74) is 0.0101. The predicted octanol–water partition coefficient (Wildman–Crippen LogP) is -0.199. The van der Waals surface area contributed by atoms with E-state index in [1.54, 1.807) is 0 Å². The van der Waals surface area contributed by atoms with Gasteiger partial charge in [-0.2, -0.15) is 0 Å². The molecule has 22 heavy (non-hydrogen) atoms. The molecule has 0 spiro atoms. The summed E-state index contributed by atoms with van der Waals surface area (Å²) < 4.78 is 0. The maximum atomic E-state index is 8.91. The molecule has 6 heteroatoms. The second kappa shape index (κ2) is 12.2. The third kappa shape index (κ3) is 12.3. The van der Waals surface area contributed by atoms with E-state index < -0.39 is 6.10 Å². The zero-order valence-corrected chi connectivity index (χ0v) is 14.5. The predicted molar refractivity (Wildman–Crippen MR) is 88.8 cm³/mol. The van der Waals surface area contributed by atoms with Crippen LogP contribution in [0.4, 0.5) is 0 Å². The molecular weight excluding hydrogens is 284 g/mol. The summed E-state index contributed by atoms with van der Waals surface area (Å²) >= 11 is 0. The van der Waals surface area contributed by atoms with Gasteiger partial charge in [-0.3, -0.25) is 0 Å². The van der Waals surface area contributed by atoms with Crippen LogP contribution in [0.25, 0.3) is 0 Å². The topological polar surface area (TPSA) is 96.2 Å². The monoisotopic (exact) mass is 320 g/mol. The maximum absolute atomic E-state index is 8.91. The second-order valence-corrected chi connectivity index (χ2v) is 6.99. The first kappa shape index (κ1) is 21.8. The number of nitrogens with zero attached hydrogens (tertiary/aromatic N) is 1. The number of hydrogen-bond donors (Lipinski definition) is 5. The van der Waals surface area contributed by atoms with Crippen molar-refractivity contribution in [3.8, 4) is 0 Å². The molecule has 0 aliphatic carbocycles. The fourth-order valence-electron chi connectivity index (χ4n) is 2.31. The lowest BCUT2D eigenvalue weighted by atomic mass is 9.94. The molecule has 1 saturated heterocycles. The Kier molecular flexibility index (Phi) is 12.1. The smallest absolute Gasteiger partial charge is 0.0895 e. The lowest BCUT2D eigenvalue weighted by Gasteiger charge is -2.30. The van der Waals surface area contributed by atoms with E-state index in [1.807, 2.05) is 20.8 Å². The highest BCUT2D eigenvalue weighted by Gasteiger charge is 2.17. The number of hydrogen-bond acceptors (Lipinski definition) is 6. The van der Waals surface area contributed by atoms with E-state index >= 15 is 0 Å². The molecule has 1 rings (SSSR count). The SMILES string of the molecule is CC(C)(C)NCC(O)CO.OCCC1CCN(CCO)CC1. The van der Waals surface area contributed by atoms with Gasteiger partial charge in [-0.25, -0.2) is 0 Å². The average molecular weight is 320 g/mol. The number of likely N-dealkylation sites (tertiary alicyclic amines) is 1. The van der Waals surface area contributed by atoms with Crippen molar-refractivity contribution in [2.75, 3.05) is 46.0 Å². The van der Waals surface area contributed by atoms with E-state index in [9.17, 15) is 0 Å². The summed E-state index contributed by atoms with van der Waals surface area (Å²) in [5, 5.41) is 37.9. The zero-order chi connectivity index (χ0) is 17.0. The van der Waals surface area contributed by atoms with Crippen molar-refractivity contribution < 1.29 is 20.4 Å². The quantitative estimate of drug-likeness (QED) is 0.446. The van der Waals surface area contributed by atoms with Crippen molar-refractivity contribution in [3.05, 3.63) is 0 Å². The van der Waals surface area contributed by atoms with Gasteiger partial charge in [0.1, 0.15) is 0 Å². The molecule has 0 aromatic carbocycles. The molecule has 0 aromatic rings. The van der Waals surface area contributed by atoms with E-state index in [0.717, 1.165) is 26.1 Å². The Morgan fingerprint density at radius 3 is 2.09 bits per heavy atom. The van der Waals surface area contributed by atoms with Crippen LogP contribution >= 0.6 is 0 Å². The van der Waals surface area contributed by atoms with Crippen molar-refractivity contribution in [2.45, 2.75) is 51.7 Å². The molecule has 1 heterocycles. The molecule has 6 nitrogen and oxygen atoms in total. The fourth-order valence-corrected chi connectivity index (χ4v) is 2.31. The number of piperidine rings is 1. The van der Waals surface area contributed by atoms with Crippen LogP contribution in [0.15, 0.2) is 0 Å². The Bertz CT molecular complexity index is 237. The summed E-state index contributed by atoms with van der Waals surface area (Å²) in [6.45, 7) is 9.88. The molecule has 1 atom stereocenters. The van der Waals surface area contributed by atoms with Crippen LogP contribution < -0.4 is 5.32 Å². The minimum Gasteiger partial charge on any atom is -0.396 e. The van der Waals surface area contributed by atoms with Gasteiger partial charge < -0.3 is 30.6 Å². The minimum absolute atomic E-state index is 0.0101. The Morgan fingerprint density at radius 1 is 1.09 bits per heavy atom. The lowest BCUT2D eigenvalue weighted by Crippen LogP contribution is -2.41. The Morgan fingerprint density at radius 2 is 1.68 bits per heavy atom. The van der Waals surface area contributed by atoms with Crippen molar-refractivity contribution in [1.29, 1.82) is 0 Å². The average Bonchev–Trinajstić information content (AvgIpc) is 2.47. The summed E-state index contributed by atoms with van der Waals surface area (Å²) in [5.74, 6) is 0.713. The van der Waals surface area contributed by atoms with Crippen LogP contribution in [-0.2, 0) is 0 Å². The number of rotatable bonds is 7. The summed E-state index contributed by atoms with van der Waals surface area (Å²) in [7, 11) is 0. The Hall–Kier alpha value is -0.240. The van der Waals surface area contributed by atoms with Crippen LogP contribution in [0, 0.1) is 5.92 Å². The third-order valence-electron chi connectivity index (χ3n) is 3.74. The molecule has 134 valence electrons. The first-order valence-electron chi connectivity index (χ1n) is 8.30. The molecule has 0 bridgehead atoms.